The van der Waals surface area contributed by atoms with Gasteiger partial charge in [-0.3, -0.25) is 0 Å². The van der Waals surface area contributed by atoms with Crippen molar-refractivity contribution in [2.24, 2.45) is 5.92 Å². The van der Waals surface area contributed by atoms with E-state index in [4.69, 9.17) is 14.7 Å². The minimum absolute atomic E-state index is 0.0191. The summed E-state index contributed by atoms with van der Waals surface area (Å²) in [7, 11) is 0. The Hall–Kier alpha value is -1.38. The number of nitrogens with zero attached hydrogens (tertiary/aromatic N) is 1. The number of hydrogen-bond acceptors (Lipinski definition) is 4. The molecule has 1 aliphatic rings. The zero-order chi connectivity index (χ0) is 13.0. The first kappa shape index (κ1) is 13.1. The number of hydrogen-bond donors (Lipinski definition) is 0. The molecule has 0 amide bonds. The van der Waals surface area contributed by atoms with Crippen LogP contribution in [0.15, 0.2) is 28.7 Å². The Labute approximate surface area is 114 Å². The van der Waals surface area contributed by atoms with Crippen LogP contribution in [0.25, 0.3) is 0 Å². The Morgan fingerprint density at radius 1 is 1.50 bits per heavy atom. The summed E-state index contributed by atoms with van der Waals surface area (Å²) in [5.41, 5.74) is 0.442. The van der Waals surface area contributed by atoms with Gasteiger partial charge in [-0.2, -0.15) is 5.26 Å². The molecule has 94 valence electrons. The van der Waals surface area contributed by atoms with Crippen molar-refractivity contribution in [3.05, 3.63) is 34.3 Å². The zero-order valence-electron chi connectivity index (χ0n) is 9.64. The summed E-state index contributed by atoms with van der Waals surface area (Å²) in [6.45, 7) is 1.10. The number of halogens is 1. The van der Waals surface area contributed by atoms with Gasteiger partial charge in [-0.05, 0) is 30.7 Å². The highest BCUT2D eigenvalue weighted by atomic mass is 79.9. The number of ether oxygens (including phenoxy) is 2. The second kappa shape index (κ2) is 5.98. The van der Waals surface area contributed by atoms with E-state index in [-0.39, 0.29) is 5.92 Å². The first-order valence-corrected chi connectivity index (χ1v) is 6.44. The van der Waals surface area contributed by atoms with Gasteiger partial charge in [0.1, 0.15) is 6.07 Å². The fourth-order valence-corrected chi connectivity index (χ4v) is 2.05. The predicted octanol–water partition coefficient (Wildman–Crippen LogP) is 2.53. The molecule has 0 radical (unpaired) electrons. The van der Waals surface area contributed by atoms with E-state index in [9.17, 15) is 4.79 Å². The van der Waals surface area contributed by atoms with Crippen LogP contribution in [0, 0.1) is 17.2 Å². The van der Waals surface area contributed by atoms with Crippen LogP contribution in [0.3, 0.4) is 0 Å². The van der Waals surface area contributed by atoms with Crippen molar-refractivity contribution in [2.75, 3.05) is 13.2 Å². The fraction of sp³-hybridized carbons (Fsp3) is 0.385. The van der Waals surface area contributed by atoms with Crippen molar-refractivity contribution in [3.8, 4) is 6.07 Å². The maximum atomic E-state index is 11.9. The van der Waals surface area contributed by atoms with Crippen LogP contribution in [0.5, 0.6) is 0 Å². The monoisotopic (exact) mass is 309 g/mol. The highest BCUT2D eigenvalue weighted by Crippen LogP contribution is 2.20. The van der Waals surface area contributed by atoms with Crippen molar-refractivity contribution >= 4 is 21.9 Å². The third-order valence-electron chi connectivity index (χ3n) is 2.83. The Morgan fingerprint density at radius 2 is 2.22 bits per heavy atom. The van der Waals surface area contributed by atoms with Crippen LogP contribution in [0.1, 0.15) is 16.8 Å². The standard InChI is InChI=1S/C13H12BrNO3/c14-11-3-1-9(2-4-11)13(16)18-12(7-15)10-5-6-17-8-10/h1-4,10,12H,5-6,8H2. The first-order valence-electron chi connectivity index (χ1n) is 5.64. The van der Waals surface area contributed by atoms with Crippen LogP contribution >= 0.6 is 15.9 Å². The fourth-order valence-electron chi connectivity index (χ4n) is 1.79. The molecule has 4 nitrogen and oxygen atoms in total. The molecule has 2 unspecified atom stereocenters. The average Bonchev–Trinajstić information content (AvgIpc) is 2.90. The van der Waals surface area contributed by atoms with Gasteiger partial charge in [0.2, 0.25) is 0 Å². The van der Waals surface area contributed by atoms with Gasteiger partial charge >= 0.3 is 5.97 Å². The number of carbonyl (C=O) groups is 1. The summed E-state index contributed by atoms with van der Waals surface area (Å²) in [6, 6.07) is 8.86. The molecule has 2 atom stereocenters. The van der Waals surface area contributed by atoms with Crippen molar-refractivity contribution in [1.29, 1.82) is 5.26 Å². The number of carbonyl (C=O) groups excluding carboxylic acids is 1. The van der Waals surface area contributed by atoms with E-state index >= 15 is 0 Å². The van der Waals surface area contributed by atoms with Gasteiger partial charge in [0.05, 0.1) is 12.2 Å². The van der Waals surface area contributed by atoms with Crippen molar-refractivity contribution in [3.63, 3.8) is 0 Å². The normalized spacial score (nSPS) is 20.1. The lowest BCUT2D eigenvalue weighted by Gasteiger charge is -2.15. The molecule has 0 aromatic heterocycles. The van der Waals surface area contributed by atoms with Crippen LogP contribution in [-0.2, 0) is 9.47 Å². The maximum Gasteiger partial charge on any atom is 0.339 e. The molecule has 18 heavy (non-hydrogen) atoms. The second-order valence-electron chi connectivity index (χ2n) is 4.09. The zero-order valence-corrected chi connectivity index (χ0v) is 11.2. The lowest BCUT2D eigenvalue weighted by atomic mass is 10.0. The molecule has 0 aliphatic carbocycles. The van der Waals surface area contributed by atoms with Gasteiger partial charge in [-0.25, -0.2) is 4.79 Å². The molecule has 0 spiro atoms. The van der Waals surface area contributed by atoms with E-state index in [1.807, 2.05) is 6.07 Å². The molecule has 2 rings (SSSR count). The summed E-state index contributed by atoms with van der Waals surface area (Å²) >= 11 is 3.29. The van der Waals surface area contributed by atoms with Crippen LogP contribution in [0.4, 0.5) is 0 Å². The average molecular weight is 310 g/mol. The van der Waals surface area contributed by atoms with E-state index in [2.05, 4.69) is 15.9 Å². The summed E-state index contributed by atoms with van der Waals surface area (Å²) in [5.74, 6) is -0.490. The Bertz CT molecular complexity index is 460. The predicted molar refractivity (Wildman–Crippen MR) is 67.9 cm³/mol. The number of nitriles is 1. The molecular weight excluding hydrogens is 298 g/mol. The van der Waals surface area contributed by atoms with Crippen LogP contribution in [-0.4, -0.2) is 25.3 Å². The second-order valence-corrected chi connectivity index (χ2v) is 5.00. The Morgan fingerprint density at radius 3 is 2.78 bits per heavy atom. The van der Waals surface area contributed by atoms with E-state index < -0.39 is 12.1 Å². The van der Waals surface area contributed by atoms with E-state index in [1.165, 1.54) is 0 Å². The molecule has 0 bridgehead atoms. The van der Waals surface area contributed by atoms with E-state index in [1.54, 1.807) is 24.3 Å². The number of benzene rings is 1. The Balaban J connectivity index is 2.01. The molecule has 1 aromatic rings. The maximum absolute atomic E-state index is 11.9. The topological polar surface area (TPSA) is 59.3 Å². The molecule has 1 aromatic carbocycles. The molecule has 5 heteroatoms. The SMILES string of the molecule is N#CC(OC(=O)c1ccc(Br)cc1)C1CCOC1. The first-order chi connectivity index (χ1) is 8.70. The number of rotatable bonds is 3. The Kier molecular flexibility index (Phi) is 4.34. The van der Waals surface area contributed by atoms with Gasteiger partial charge < -0.3 is 9.47 Å². The molecule has 1 fully saturated rings. The van der Waals surface area contributed by atoms with Gasteiger partial charge in [-0.1, -0.05) is 15.9 Å². The molecule has 0 N–H and O–H groups in total. The third-order valence-corrected chi connectivity index (χ3v) is 3.36. The van der Waals surface area contributed by atoms with Gasteiger partial charge in [-0.15, -0.1) is 0 Å². The molecule has 0 saturated carbocycles. The minimum atomic E-state index is -0.733. The lowest BCUT2D eigenvalue weighted by molar-refractivity contribution is 0.0277. The summed E-state index contributed by atoms with van der Waals surface area (Å²) in [5, 5.41) is 9.04. The lowest BCUT2D eigenvalue weighted by Crippen LogP contribution is -2.25. The minimum Gasteiger partial charge on any atom is -0.443 e. The summed E-state index contributed by atoms with van der Waals surface area (Å²) in [4.78, 5) is 11.9. The summed E-state index contributed by atoms with van der Waals surface area (Å²) < 4.78 is 11.3. The quantitative estimate of drug-likeness (QED) is 0.805. The van der Waals surface area contributed by atoms with Crippen molar-refractivity contribution in [1.82, 2.24) is 0 Å². The molecular formula is C13H12BrNO3. The molecule has 1 saturated heterocycles. The smallest absolute Gasteiger partial charge is 0.339 e. The van der Waals surface area contributed by atoms with Crippen LogP contribution in [0.2, 0.25) is 0 Å². The van der Waals surface area contributed by atoms with E-state index in [0.717, 1.165) is 10.9 Å². The summed E-state index contributed by atoms with van der Waals surface area (Å²) in [6.07, 6.45) is 0.0231. The number of esters is 1. The van der Waals surface area contributed by atoms with Gasteiger partial charge in [0.25, 0.3) is 0 Å². The van der Waals surface area contributed by atoms with Gasteiger partial charge in [0, 0.05) is 17.0 Å². The van der Waals surface area contributed by atoms with Gasteiger partial charge in [0.15, 0.2) is 6.10 Å². The third kappa shape index (κ3) is 3.09. The van der Waals surface area contributed by atoms with Crippen molar-refractivity contribution in [2.45, 2.75) is 12.5 Å². The largest absolute Gasteiger partial charge is 0.443 e. The molecule has 1 heterocycles. The van der Waals surface area contributed by atoms with Crippen molar-refractivity contribution < 1.29 is 14.3 Å². The highest BCUT2D eigenvalue weighted by molar-refractivity contribution is 9.10. The van der Waals surface area contributed by atoms with E-state index in [0.29, 0.717) is 18.8 Å². The van der Waals surface area contributed by atoms with Crippen LogP contribution < -0.4 is 0 Å². The highest BCUT2D eigenvalue weighted by Gasteiger charge is 2.29. The molecule has 1 aliphatic heterocycles.